The molecule has 11 nitrogen and oxygen atoms in total. The van der Waals surface area contributed by atoms with Crippen molar-refractivity contribution in [2.24, 2.45) is 0 Å². The van der Waals surface area contributed by atoms with Crippen LogP contribution in [0.25, 0.3) is 5.69 Å². The Morgan fingerprint density at radius 1 is 1.29 bits per heavy atom. The number of nitro groups is 1. The van der Waals surface area contributed by atoms with Gasteiger partial charge in [0.05, 0.1) is 15.6 Å². The van der Waals surface area contributed by atoms with Crippen LogP contribution in [0.1, 0.15) is 5.69 Å². The van der Waals surface area contributed by atoms with E-state index in [2.05, 4.69) is 5.10 Å². The Balaban J connectivity index is 2.00. The zero-order valence-electron chi connectivity index (χ0n) is 13.6. The summed E-state index contributed by atoms with van der Waals surface area (Å²) in [6.45, 7) is 0. The second-order valence-corrected chi connectivity index (χ2v) is 5.67. The summed E-state index contributed by atoms with van der Waals surface area (Å²) in [6.07, 6.45) is 0. The van der Waals surface area contributed by atoms with Gasteiger partial charge >= 0.3 is 5.69 Å². The molecule has 0 saturated carbocycles. The number of phenols is 1. The van der Waals surface area contributed by atoms with E-state index in [0.29, 0.717) is 4.68 Å². The van der Waals surface area contributed by atoms with Crippen LogP contribution in [0.2, 0.25) is 5.02 Å². The number of aromatic hydroxyl groups is 1. The number of H-pyrrole nitrogens is 1. The molecule has 1 heterocycles. The van der Waals surface area contributed by atoms with E-state index in [-0.39, 0.29) is 27.9 Å². The number of nitrogens with zero attached hydrogens (tertiary/aromatic N) is 4. The lowest BCUT2D eigenvalue weighted by molar-refractivity contribution is -0.384. The maximum atomic E-state index is 11.9. The van der Waals surface area contributed by atoms with E-state index in [1.165, 1.54) is 36.4 Å². The fourth-order valence-corrected chi connectivity index (χ4v) is 2.44. The molecule has 1 aromatic heterocycles. The predicted molar refractivity (Wildman–Crippen MR) is 95.0 cm³/mol. The van der Waals surface area contributed by atoms with Crippen LogP contribution in [0.15, 0.2) is 46.0 Å². The van der Waals surface area contributed by atoms with E-state index < -0.39 is 27.6 Å². The predicted octanol–water partition coefficient (Wildman–Crippen LogP) is 1.85. The summed E-state index contributed by atoms with van der Waals surface area (Å²) in [5.74, 6) is -0.474. The van der Waals surface area contributed by atoms with Gasteiger partial charge in [0.1, 0.15) is 11.8 Å². The Bertz CT molecular complexity index is 1220. The second-order valence-electron chi connectivity index (χ2n) is 5.26. The summed E-state index contributed by atoms with van der Waals surface area (Å²) in [7, 11) is 0. The number of hydrogen-bond acceptors (Lipinski definition) is 8. The quantitative estimate of drug-likeness (QED) is 0.493. The van der Waals surface area contributed by atoms with E-state index in [0.717, 1.165) is 6.07 Å². The van der Waals surface area contributed by atoms with Crippen LogP contribution < -0.4 is 16.0 Å². The second kappa shape index (κ2) is 7.22. The van der Waals surface area contributed by atoms with Gasteiger partial charge in [0, 0.05) is 18.2 Å². The number of benzene rings is 2. The third-order valence-electron chi connectivity index (χ3n) is 3.45. The molecule has 0 radical (unpaired) electrons. The highest BCUT2D eigenvalue weighted by molar-refractivity contribution is 6.32. The number of aromatic nitrogens is 3. The maximum absolute atomic E-state index is 11.9. The SMILES string of the molecule is N#Cc1nn(-c2cc(O)c(Oc3ccc([N+](=O)[O-])cc3)c(Cl)c2)c(=O)[nH]c1=O. The minimum absolute atomic E-state index is 0.0312. The van der Waals surface area contributed by atoms with Gasteiger partial charge in [-0.25, -0.2) is 4.79 Å². The minimum Gasteiger partial charge on any atom is -0.504 e. The average Bonchev–Trinajstić information content (AvgIpc) is 2.65. The van der Waals surface area contributed by atoms with E-state index in [4.69, 9.17) is 21.6 Å². The standard InChI is InChI=1S/C16H8ClN5O6/c17-11-5-9(21-16(25)19-15(24)12(7-18)20-21)6-13(23)14(11)28-10-3-1-8(2-4-10)22(26)27/h1-6,23H,(H,19,24,25). The van der Waals surface area contributed by atoms with Crippen LogP contribution in [0.4, 0.5) is 5.69 Å². The lowest BCUT2D eigenvalue weighted by atomic mass is 10.2. The van der Waals surface area contributed by atoms with E-state index in [9.17, 15) is 24.8 Å². The van der Waals surface area contributed by atoms with Gasteiger partial charge < -0.3 is 9.84 Å². The molecule has 0 aliphatic carbocycles. The van der Waals surface area contributed by atoms with Crippen LogP contribution in [-0.4, -0.2) is 24.8 Å². The molecule has 0 atom stereocenters. The molecule has 0 amide bonds. The van der Waals surface area contributed by atoms with E-state index in [1.54, 1.807) is 0 Å². The summed E-state index contributed by atoms with van der Waals surface area (Å²) in [5.41, 5.74) is -2.62. The van der Waals surface area contributed by atoms with Gasteiger partial charge in [-0.3, -0.25) is 19.9 Å². The van der Waals surface area contributed by atoms with Gasteiger partial charge in [-0.15, -0.1) is 5.10 Å². The van der Waals surface area contributed by atoms with Gasteiger partial charge in [0.15, 0.2) is 11.5 Å². The van der Waals surface area contributed by atoms with Crippen molar-refractivity contribution in [1.29, 1.82) is 5.26 Å². The Kier molecular flexibility index (Phi) is 4.80. The smallest absolute Gasteiger partial charge is 0.349 e. The number of aromatic amines is 1. The van der Waals surface area contributed by atoms with E-state index >= 15 is 0 Å². The summed E-state index contributed by atoms with van der Waals surface area (Å²) >= 11 is 6.10. The number of hydrogen-bond donors (Lipinski definition) is 2. The molecule has 3 rings (SSSR count). The normalized spacial score (nSPS) is 10.3. The van der Waals surface area contributed by atoms with Crippen molar-refractivity contribution in [2.45, 2.75) is 0 Å². The average molecular weight is 402 g/mol. The number of halogens is 1. The fraction of sp³-hybridized carbons (Fsp3) is 0. The van der Waals surface area contributed by atoms with Crippen LogP contribution in [-0.2, 0) is 0 Å². The first-order valence-electron chi connectivity index (χ1n) is 7.39. The molecule has 28 heavy (non-hydrogen) atoms. The first-order valence-corrected chi connectivity index (χ1v) is 7.77. The largest absolute Gasteiger partial charge is 0.504 e. The van der Waals surface area contributed by atoms with Crippen molar-refractivity contribution in [3.8, 4) is 29.0 Å². The van der Waals surface area contributed by atoms with Crippen LogP contribution >= 0.6 is 11.6 Å². The third-order valence-corrected chi connectivity index (χ3v) is 3.74. The molecule has 0 bridgehead atoms. The zero-order chi connectivity index (χ0) is 20.4. The number of non-ortho nitro benzene ring substituents is 1. The topological polar surface area (TPSA) is 164 Å². The molecule has 3 aromatic rings. The molecule has 2 N–H and O–H groups in total. The summed E-state index contributed by atoms with van der Waals surface area (Å²) in [4.78, 5) is 35.4. The third kappa shape index (κ3) is 3.53. The van der Waals surface area contributed by atoms with Crippen LogP contribution in [0, 0.1) is 21.4 Å². The Morgan fingerprint density at radius 3 is 2.54 bits per heavy atom. The van der Waals surface area contributed by atoms with Gasteiger partial charge in [0.25, 0.3) is 11.2 Å². The van der Waals surface area contributed by atoms with Gasteiger partial charge in [-0.1, -0.05) is 11.6 Å². The highest BCUT2D eigenvalue weighted by atomic mass is 35.5. The number of rotatable bonds is 4. The fourth-order valence-electron chi connectivity index (χ4n) is 2.19. The molecular formula is C16H8ClN5O6. The number of nitrogens with one attached hydrogen (secondary N) is 1. The van der Waals surface area contributed by atoms with Gasteiger partial charge in [0.2, 0.25) is 5.69 Å². The summed E-state index contributed by atoms with van der Waals surface area (Å²) in [6, 6.07) is 8.89. The van der Waals surface area contributed by atoms with Gasteiger partial charge in [-0.2, -0.15) is 9.94 Å². The highest BCUT2D eigenvalue weighted by Gasteiger charge is 2.16. The van der Waals surface area contributed by atoms with Crippen molar-refractivity contribution >= 4 is 17.3 Å². The Hall–Kier alpha value is -4.17. The van der Waals surface area contributed by atoms with Crippen molar-refractivity contribution in [3.63, 3.8) is 0 Å². The minimum atomic E-state index is -0.947. The molecule has 140 valence electrons. The van der Waals surface area contributed by atoms with Crippen molar-refractivity contribution < 1.29 is 14.8 Å². The highest BCUT2D eigenvalue weighted by Crippen LogP contribution is 2.39. The van der Waals surface area contributed by atoms with Crippen LogP contribution in [0.3, 0.4) is 0 Å². The molecule has 0 saturated heterocycles. The lowest BCUT2D eigenvalue weighted by Gasteiger charge is -2.12. The summed E-state index contributed by atoms with van der Waals surface area (Å²) < 4.78 is 6.12. The first-order chi connectivity index (χ1) is 13.3. The molecule has 0 fully saturated rings. The molecule has 0 unspecified atom stereocenters. The number of ether oxygens (including phenoxy) is 1. The molecule has 12 heteroatoms. The zero-order valence-corrected chi connectivity index (χ0v) is 14.4. The van der Waals surface area contributed by atoms with E-state index in [1.807, 2.05) is 4.98 Å². The number of phenolic OH excluding ortho intramolecular Hbond substituents is 1. The lowest BCUT2D eigenvalue weighted by Crippen LogP contribution is -2.33. The summed E-state index contributed by atoms with van der Waals surface area (Å²) in [5, 5.41) is 33.2. The number of nitriles is 1. The molecule has 0 spiro atoms. The number of nitro benzene ring substituents is 1. The molecule has 0 aliphatic rings. The molecule has 2 aromatic carbocycles. The maximum Gasteiger partial charge on any atom is 0.349 e. The Morgan fingerprint density at radius 2 is 1.96 bits per heavy atom. The first kappa shape index (κ1) is 18.6. The Labute approximate surface area is 159 Å². The van der Waals surface area contributed by atoms with Crippen molar-refractivity contribution in [2.75, 3.05) is 0 Å². The molecular weight excluding hydrogens is 394 g/mol. The molecule has 0 aliphatic heterocycles. The van der Waals surface area contributed by atoms with Gasteiger partial charge in [-0.05, 0) is 18.2 Å². The van der Waals surface area contributed by atoms with Crippen molar-refractivity contribution in [1.82, 2.24) is 14.8 Å². The monoisotopic (exact) mass is 401 g/mol. The van der Waals surface area contributed by atoms with Crippen LogP contribution in [0.5, 0.6) is 17.2 Å². The van der Waals surface area contributed by atoms with Crippen molar-refractivity contribution in [3.05, 3.63) is 78.1 Å².